The summed E-state index contributed by atoms with van der Waals surface area (Å²) in [5, 5.41) is 2.44. The van der Waals surface area contributed by atoms with Gasteiger partial charge in [0, 0.05) is 34.7 Å². The van der Waals surface area contributed by atoms with E-state index in [0.717, 1.165) is 28.1 Å². The third-order valence-electron chi connectivity index (χ3n) is 8.59. The standard InChI is InChI=1S/C38H28I2N2.C2H6/c1-38(2)32-19-7-6-15-30(32)35-28(16-10-20-33(35)38)25-12-8-13-26(23-25)29-17-9-18-31(37(29)42(3)40)36-27-14-5-4-11-24(27)21-22-34(36)41-39;1-2/h4-7,9-12,14-23,41H,1-3H3;1-2H3. The smallest absolute Gasteiger partial charge is 0.0618 e. The molecule has 0 aliphatic heterocycles. The van der Waals surface area contributed by atoms with Gasteiger partial charge in [-0.05, 0) is 62.4 Å². The molecule has 1 aliphatic carbocycles. The van der Waals surface area contributed by atoms with Crippen molar-refractivity contribution in [1.29, 1.82) is 0 Å². The molecule has 0 aromatic heterocycles. The molecular formula is C40H34I2N2. The molecular weight excluding hydrogens is 762 g/mol. The second-order valence-electron chi connectivity index (χ2n) is 11.3. The Morgan fingerprint density at radius 3 is 2.16 bits per heavy atom. The highest BCUT2D eigenvalue weighted by Crippen LogP contribution is 2.52. The first-order valence-corrected chi connectivity index (χ1v) is 17.0. The van der Waals surface area contributed by atoms with E-state index in [4.69, 9.17) is 0 Å². The molecule has 4 heteroatoms. The summed E-state index contributed by atoms with van der Waals surface area (Å²) in [5.41, 5.74) is 14.5. The minimum absolute atomic E-state index is 0.0380. The fraction of sp³-hybridized carbons (Fsp3) is 0.150. The Labute approximate surface area is 289 Å². The molecule has 0 radical (unpaired) electrons. The molecule has 0 atom stereocenters. The summed E-state index contributed by atoms with van der Waals surface area (Å²) in [6.45, 7) is 8.66. The maximum Gasteiger partial charge on any atom is 0.0618 e. The van der Waals surface area contributed by atoms with E-state index in [2.05, 4.69) is 195 Å². The molecule has 0 spiro atoms. The van der Waals surface area contributed by atoms with E-state index in [1.165, 1.54) is 49.7 Å². The molecule has 0 fully saturated rings. The Kier molecular flexibility index (Phi) is 8.63. The van der Waals surface area contributed by atoms with E-state index in [1.54, 1.807) is 0 Å². The average Bonchev–Trinajstić information content (AvgIpc) is 3.31. The summed E-state index contributed by atoms with van der Waals surface area (Å²) >= 11 is 4.63. The first kappa shape index (κ1) is 30.5. The summed E-state index contributed by atoms with van der Waals surface area (Å²) in [6.07, 6.45) is 0. The van der Waals surface area contributed by atoms with Crippen LogP contribution in [0.15, 0.2) is 109 Å². The molecule has 44 heavy (non-hydrogen) atoms. The zero-order valence-electron chi connectivity index (χ0n) is 25.6. The van der Waals surface area contributed by atoms with Crippen molar-refractivity contribution in [2.75, 3.05) is 13.7 Å². The zero-order chi connectivity index (χ0) is 31.0. The Bertz CT molecular complexity index is 1990. The minimum Gasteiger partial charge on any atom is -0.328 e. The average molecular weight is 797 g/mol. The molecule has 1 aliphatic rings. The van der Waals surface area contributed by atoms with Crippen molar-refractivity contribution in [1.82, 2.24) is 0 Å². The second-order valence-corrected chi connectivity index (χ2v) is 13.3. The van der Waals surface area contributed by atoms with Crippen molar-refractivity contribution >= 4 is 67.9 Å². The van der Waals surface area contributed by atoms with Crippen molar-refractivity contribution in [3.63, 3.8) is 0 Å². The van der Waals surface area contributed by atoms with Gasteiger partial charge >= 0.3 is 0 Å². The number of fused-ring (bicyclic) bond motifs is 4. The van der Waals surface area contributed by atoms with Crippen LogP contribution in [0, 0.1) is 12.1 Å². The molecule has 6 aromatic rings. The quantitative estimate of drug-likeness (QED) is 0.138. The minimum atomic E-state index is -0.0380. The molecule has 0 heterocycles. The normalized spacial score (nSPS) is 12.4. The van der Waals surface area contributed by atoms with Crippen molar-refractivity contribution < 1.29 is 0 Å². The van der Waals surface area contributed by atoms with Gasteiger partial charge in [0.2, 0.25) is 0 Å². The number of halogens is 2. The highest BCUT2D eigenvalue weighted by atomic mass is 127. The van der Waals surface area contributed by atoms with Gasteiger partial charge in [0.05, 0.1) is 57.1 Å². The lowest BCUT2D eigenvalue weighted by Gasteiger charge is -2.23. The van der Waals surface area contributed by atoms with Crippen molar-refractivity contribution in [3.8, 4) is 44.5 Å². The van der Waals surface area contributed by atoms with Crippen LogP contribution in [0.2, 0.25) is 0 Å². The van der Waals surface area contributed by atoms with Crippen LogP contribution in [-0.4, -0.2) is 7.05 Å². The Morgan fingerprint density at radius 1 is 0.705 bits per heavy atom. The maximum atomic E-state index is 3.47. The lowest BCUT2D eigenvalue weighted by molar-refractivity contribution is 0.660. The molecule has 2 nitrogen and oxygen atoms in total. The van der Waals surface area contributed by atoms with Crippen LogP contribution in [0.1, 0.15) is 38.8 Å². The molecule has 7 rings (SSSR count). The van der Waals surface area contributed by atoms with E-state index < -0.39 is 0 Å². The number of nitrogens with zero attached hydrogens (tertiary/aromatic N) is 1. The van der Waals surface area contributed by atoms with Crippen LogP contribution < -0.4 is 6.64 Å². The highest BCUT2D eigenvalue weighted by molar-refractivity contribution is 14.1. The van der Waals surface area contributed by atoms with Crippen LogP contribution in [0.3, 0.4) is 0 Å². The van der Waals surface area contributed by atoms with Gasteiger partial charge in [-0.25, -0.2) is 0 Å². The number of hydrogen-bond acceptors (Lipinski definition) is 2. The van der Waals surface area contributed by atoms with Gasteiger partial charge in [0.25, 0.3) is 0 Å². The molecule has 0 saturated carbocycles. The number of benzene rings is 5. The van der Waals surface area contributed by atoms with Crippen LogP contribution in [0.5, 0.6) is 0 Å². The largest absolute Gasteiger partial charge is 0.328 e. The van der Waals surface area contributed by atoms with Gasteiger partial charge in [-0.15, -0.1) is 0 Å². The number of nitrogens with one attached hydrogen (secondary N) is 1. The summed E-state index contributed by atoms with van der Waals surface area (Å²) in [4.78, 5) is 0. The summed E-state index contributed by atoms with van der Waals surface area (Å²) in [7, 11) is 2.11. The maximum absolute atomic E-state index is 3.47. The van der Waals surface area contributed by atoms with Crippen molar-refractivity contribution in [2.45, 2.75) is 33.1 Å². The molecule has 0 unspecified atom stereocenters. The lowest BCUT2D eigenvalue weighted by Crippen LogP contribution is -2.14. The fourth-order valence-corrected chi connectivity index (χ4v) is 7.62. The lowest BCUT2D eigenvalue weighted by atomic mass is 9.82. The van der Waals surface area contributed by atoms with Gasteiger partial charge in [-0.2, -0.15) is 0 Å². The predicted molar refractivity (Wildman–Crippen MR) is 207 cm³/mol. The monoisotopic (exact) mass is 796 g/mol. The summed E-state index contributed by atoms with van der Waals surface area (Å²) in [6, 6.07) is 46.3. The van der Waals surface area contributed by atoms with Gasteiger partial charge in [-0.1, -0.05) is 131 Å². The fourth-order valence-electron chi connectivity index (χ4n) is 6.66. The van der Waals surface area contributed by atoms with E-state index in [9.17, 15) is 0 Å². The van der Waals surface area contributed by atoms with Crippen LogP contribution in [0.4, 0.5) is 11.4 Å². The highest BCUT2D eigenvalue weighted by Gasteiger charge is 2.36. The number of rotatable bonds is 5. The number of para-hydroxylation sites is 1. The Balaban J connectivity index is 0.00000168. The van der Waals surface area contributed by atoms with Gasteiger partial charge in [-0.3, -0.25) is 0 Å². The molecule has 0 amide bonds. The SMILES string of the molecule is CC.CN(I)c1c(-c2c#ccc(-c3cccc4c3-c3ccccc3C4(C)C)c2)cccc1-c1c(NI)ccc2ccccc12. The Hall–Kier alpha value is -3.54. The first-order valence-electron chi connectivity index (χ1n) is 15.0. The van der Waals surface area contributed by atoms with Crippen molar-refractivity contribution in [3.05, 3.63) is 132 Å². The van der Waals surface area contributed by atoms with E-state index in [0.29, 0.717) is 0 Å². The predicted octanol–water partition coefficient (Wildman–Crippen LogP) is 12.3. The molecule has 218 valence electrons. The van der Waals surface area contributed by atoms with Crippen LogP contribution in [0.25, 0.3) is 55.3 Å². The molecule has 0 saturated heterocycles. The van der Waals surface area contributed by atoms with Gasteiger partial charge < -0.3 is 6.64 Å². The topological polar surface area (TPSA) is 15.3 Å². The number of anilines is 2. The summed E-state index contributed by atoms with van der Waals surface area (Å²) in [5.74, 6) is 0. The zero-order valence-corrected chi connectivity index (χ0v) is 29.9. The van der Waals surface area contributed by atoms with Crippen LogP contribution >= 0.6 is 45.7 Å². The van der Waals surface area contributed by atoms with E-state index in [1.807, 2.05) is 13.8 Å². The van der Waals surface area contributed by atoms with Gasteiger partial charge in [0.1, 0.15) is 0 Å². The van der Waals surface area contributed by atoms with E-state index >= 15 is 0 Å². The second kappa shape index (κ2) is 12.5. The Morgan fingerprint density at radius 2 is 1.36 bits per heavy atom. The molecule has 6 aromatic carbocycles. The number of hydrogen-bond donors (Lipinski definition) is 1. The van der Waals surface area contributed by atoms with Crippen LogP contribution in [-0.2, 0) is 5.41 Å². The third kappa shape index (κ3) is 5.04. The first-order chi connectivity index (χ1) is 21.4. The molecule has 0 bridgehead atoms. The van der Waals surface area contributed by atoms with Crippen molar-refractivity contribution in [2.24, 2.45) is 0 Å². The van der Waals surface area contributed by atoms with Gasteiger partial charge in [0.15, 0.2) is 0 Å². The third-order valence-corrected chi connectivity index (χ3v) is 9.65. The summed E-state index contributed by atoms with van der Waals surface area (Å²) < 4.78 is 5.61. The molecule has 1 N–H and O–H groups in total. The van der Waals surface area contributed by atoms with E-state index in [-0.39, 0.29) is 5.41 Å².